The van der Waals surface area contributed by atoms with E-state index in [0.717, 1.165) is 17.8 Å². The standard InChI is InChI=1S/C15H16BrN3O/c1-19(2)10-11-5-3-6-12(9-11)18-15(20)13-7-4-8-17-14(13)16/h3-9H,10H2,1-2H3,(H,18,20). The van der Waals surface area contributed by atoms with Gasteiger partial charge in [0.05, 0.1) is 5.56 Å². The highest BCUT2D eigenvalue weighted by Gasteiger charge is 2.10. The highest BCUT2D eigenvalue weighted by atomic mass is 79.9. The summed E-state index contributed by atoms with van der Waals surface area (Å²) in [5, 5.41) is 2.89. The molecule has 2 rings (SSSR count). The molecule has 1 amide bonds. The van der Waals surface area contributed by atoms with E-state index >= 15 is 0 Å². The van der Waals surface area contributed by atoms with Crippen LogP contribution in [-0.2, 0) is 6.54 Å². The van der Waals surface area contributed by atoms with Gasteiger partial charge in [0.15, 0.2) is 0 Å². The van der Waals surface area contributed by atoms with Gasteiger partial charge in [-0.3, -0.25) is 4.79 Å². The quantitative estimate of drug-likeness (QED) is 0.874. The molecule has 0 fully saturated rings. The first-order valence-electron chi connectivity index (χ1n) is 6.22. The fraction of sp³-hybridized carbons (Fsp3) is 0.200. The number of halogens is 1. The lowest BCUT2D eigenvalue weighted by molar-refractivity contribution is 0.102. The molecule has 0 aliphatic heterocycles. The average Bonchev–Trinajstić information content (AvgIpc) is 2.38. The molecule has 104 valence electrons. The minimum atomic E-state index is -0.174. The number of rotatable bonds is 4. The van der Waals surface area contributed by atoms with Gasteiger partial charge in [-0.25, -0.2) is 4.98 Å². The number of nitrogens with zero attached hydrogens (tertiary/aromatic N) is 2. The molecule has 0 bridgehead atoms. The first-order chi connectivity index (χ1) is 9.56. The van der Waals surface area contributed by atoms with E-state index in [9.17, 15) is 4.79 Å². The van der Waals surface area contributed by atoms with E-state index < -0.39 is 0 Å². The number of benzene rings is 1. The third-order valence-electron chi connectivity index (χ3n) is 2.69. The van der Waals surface area contributed by atoms with Crippen LogP contribution in [0.2, 0.25) is 0 Å². The van der Waals surface area contributed by atoms with Gasteiger partial charge in [0.1, 0.15) is 4.60 Å². The number of carbonyl (C=O) groups excluding carboxylic acids is 1. The average molecular weight is 334 g/mol. The molecule has 20 heavy (non-hydrogen) atoms. The summed E-state index contributed by atoms with van der Waals surface area (Å²) in [5.74, 6) is -0.174. The molecule has 1 N–H and O–H groups in total. The molecule has 0 saturated heterocycles. The Hall–Kier alpha value is -1.72. The molecule has 5 heteroatoms. The van der Waals surface area contributed by atoms with Gasteiger partial charge in [-0.05, 0) is 59.9 Å². The van der Waals surface area contributed by atoms with Crippen molar-refractivity contribution in [1.82, 2.24) is 9.88 Å². The van der Waals surface area contributed by atoms with E-state index in [0.29, 0.717) is 10.2 Å². The van der Waals surface area contributed by atoms with Crippen LogP contribution in [0, 0.1) is 0 Å². The number of nitrogens with one attached hydrogen (secondary N) is 1. The first kappa shape index (κ1) is 14.7. The fourth-order valence-corrected chi connectivity index (χ4v) is 2.30. The van der Waals surface area contributed by atoms with E-state index in [2.05, 4.69) is 31.1 Å². The van der Waals surface area contributed by atoms with Gasteiger partial charge >= 0.3 is 0 Å². The Balaban J connectivity index is 2.14. The van der Waals surface area contributed by atoms with Crippen molar-refractivity contribution in [2.24, 2.45) is 0 Å². The zero-order chi connectivity index (χ0) is 14.5. The first-order valence-corrected chi connectivity index (χ1v) is 7.01. The minimum absolute atomic E-state index is 0.174. The second-order valence-electron chi connectivity index (χ2n) is 4.73. The van der Waals surface area contributed by atoms with Crippen LogP contribution in [0.25, 0.3) is 0 Å². The van der Waals surface area contributed by atoms with Crippen molar-refractivity contribution < 1.29 is 4.79 Å². The second-order valence-corrected chi connectivity index (χ2v) is 5.49. The smallest absolute Gasteiger partial charge is 0.258 e. The van der Waals surface area contributed by atoms with Gasteiger partial charge < -0.3 is 10.2 Å². The summed E-state index contributed by atoms with van der Waals surface area (Å²) in [7, 11) is 4.02. The lowest BCUT2D eigenvalue weighted by atomic mass is 10.2. The molecule has 0 spiro atoms. The number of hydrogen-bond acceptors (Lipinski definition) is 3. The van der Waals surface area contributed by atoms with E-state index in [1.807, 2.05) is 38.4 Å². The monoisotopic (exact) mass is 333 g/mol. The lowest BCUT2D eigenvalue weighted by Crippen LogP contribution is -2.14. The summed E-state index contributed by atoms with van der Waals surface area (Å²) >= 11 is 3.28. The van der Waals surface area contributed by atoms with Crippen LogP contribution in [-0.4, -0.2) is 29.9 Å². The Morgan fingerprint density at radius 1 is 1.30 bits per heavy atom. The molecule has 0 saturated carbocycles. The Morgan fingerprint density at radius 3 is 2.80 bits per heavy atom. The maximum Gasteiger partial charge on any atom is 0.258 e. The Bertz CT molecular complexity index is 614. The molecule has 0 aliphatic rings. The van der Waals surface area contributed by atoms with Crippen LogP contribution in [0.3, 0.4) is 0 Å². The zero-order valence-electron chi connectivity index (χ0n) is 11.4. The van der Waals surface area contributed by atoms with Crippen LogP contribution in [0.15, 0.2) is 47.2 Å². The van der Waals surface area contributed by atoms with Crippen LogP contribution >= 0.6 is 15.9 Å². The molecule has 4 nitrogen and oxygen atoms in total. The van der Waals surface area contributed by atoms with Gasteiger partial charge in [-0.15, -0.1) is 0 Å². The van der Waals surface area contributed by atoms with Crippen LogP contribution in [0.4, 0.5) is 5.69 Å². The summed E-state index contributed by atoms with van der Waals surface area (Å²) in [5.41, 5.74) is 2.45. The Morgan fingerprint density at radius 2 is 2.10 bits per heavy atom. The van der Waals surface area contributed by atoms with Crippen molar-refractivity contribution in [3.05, 3.63) is 58.3 Å². The molecule has 1 aromatic heterocycles. The van der Waals surface area contributed by atoms with Crippen molar-refractivity contribution >= 4 is 27.5 Å². The summed E-state index contributed by atoms with van der Waals surface area (Å²) < 4.78 is 0.543. The summed E-state index contributed by atoms with van der Waals surface area (Å²) in [6.07, 6.45) is 1.64. The van der Waals surface area contributed by atoms with Gasteiger partial charge in [-0.1, -0.05) is 12.1 Å². The number of aromatic nitrogens is 1. The fourth-order valence-electron chi connectivity index (χ4n) is 1.87. The Kier molecular flexibility index (Phi) is 4.87. The number of pyridine rings is 1. The van der Waals surface area contributed by atoms with Crippen molar-refractivity contribution in [2.75, 3.05) is 19.4 Å². The van der Waals surface area contributed by atoms with Crippen LogP contribution in [0.1, 0.15) is 15.9 Å². The maximum atomic E-state index is 12.2. The molecular weight excluding hydrogens is 318 g/mol. The SMILES string of the molecule is CN(C)Cc1cccc(NC(=O)c2cccnc2Br)c1. The number of anilines is 1. The molecule has 2 aromatic rings. The normalized spacial score (nSPS) is 10.6. The summed E-state index contributed by atoms with van der Waals surface area (Å²) in [6.45, 7) is 0.834. The zero-order valence-corrected chi connectivity index (χ0v) is 13.0. The second kappa shape index (κ2) is 6.63. The molecular formula is C15H16BrN3O. The van der Waals surface area contributed by atoms with Crippen LogP contribution < -0.4 is 5.32 Å². The number of amides is 1. The van der Waals surface area contributed by atoms with Crippen molar-refractivity contribution in [3.63, 3.8) is 0 Å². The number of carbonyl (C=O) groups is 1. The van der Waals surface area contributed by atoms with Crippen LogP contribution in [0.5, 0.6) is 0 Å². The summed E-state index contributed by atoms with van der Waals surface area (Å²) in [6, 6.07) is 11.3. The van der Waals surface area contributed by atoms with E-state index in [4.69, 9.17) is 0 Å². The van der Waals surface area contributed by atoms with E-state index in [1.165, 1.54) is 0 Å². The molecule has 1 aromatic carbocycles. The minimum Gasteiger partial charge on any atom is -0.322 e. The van der Waals surface area contributed by atoms with Crippen molar-refractivity contribution in [1.29, 1.82) is 0 Å². The predicted molar refractivity (Wildman–Crippen MR) is 83.7 cm³/mol. The Labute approximate surface area is 127 Å². The van der Waals surface area contributed by atoms with E-state index in [-0.39, 0.29) is 5.91 Å². The molecule has 0 atom stereocenters. The maximum absolute atomic E-state index is 12.2. The predicted octanol–water partition coefficient (Wildman–Crippen LogP) is 3.16. The van der Waals surface area contributed by atoms with Gasteiger partial charge in [0.25, 0.3) is 5.91 Å². The topological polar surface area (TPSA) is 45.2 Å². The molecule has 1 heterocycles. The third-order valence-corrected chi connectivity index (χ3v) is 3.32. The molecule has 0 unspecified atom stereocenters. The van der Waals surface area contributed by atoms with Gasteiger partial charge in [0, 0.05) is 18.4 Å². The van der Waals surface area contributed by atoms with Gasteiger partial charge in [-0.2, -0.15) is 0 Å². The number of hydrogen-bond donors (Lipinski definition) is 1. The van der Waals surface area contributed by atoms with Crippen molar-refractivity contribution in [2.45, 2.75) is 6.54 Å². The van der Waals surface area contributed by atoms with Crippen molar-refractivity contribution in [3.8, 4) is 0 Å². The molecule has 0 aliphatic carbocycles. The molecule has 0 radical (unpaired) electrons. The third kappa shape index (κ3) is 3.88. The lowest BCUT2D eigenvalue weighted by Gasteiger charge is -2.11. The van der Waals surface area contributed by atoms with E-state index in [1.54, 1.807) is 18.3 Å². The largest absolute Gasteiger partial charge is 0.322 e. The summed E-state index contributed by atoms with van der Waals surface area (Å²) in [4.78, 5) is 18.3. The highest BCUT2D eigenvalue weighted by Crippen LogP contribution is 2.16. The van der Waals surface area contributed by atoms with Gasteiger partial charge in [0.2, 0.25) is 0 Å². The highest BCUT2D eigenvalue weighted by molar-refractivity contribution is 9.10.